The number of amides is 1. The van der Waals surface area contributed by atoms with Crippen LogP contribution in [-0.2, 0) is 0 Å². The first-order valence-electron chi connectivity index (χ1n) is 6.06. The number of hydrogen-bond acceptors (Lipinski definition) is 3. The zero-order valence-electron chi connectivity index (χ0n) is 11.2. The van der Waals surface area contributed by atoms with E-state index < -0.39 is 5.82 Å². The molecule has 0 spiro atoms. The summed E-state index contributed by atoms with van der Waals surface area (Å²) in [6, 6.07) is 10.8. The van der Waals surface area contributed by atoms with Crippen LogP contribution in [0.5, 0.6) is 5.75 Å². The molecule has 108 valence electrons. The second-order valence-electron chi connectivity index (χ2n) is 4.25. The van der Waals surface area contributed by atoms with Crippen LogP contribution in [-0.4, -0.2) is 18.0 Å². The smallest absolute Gasteiger partial charge is 0.255 e. The molecule has 0 saturated heterocycles. The molecule has 0 fully saturated rings. The minimum atomic E-state index is -0.549. The molecule has 21 heavy (non-hydrogen) atoms. The molecule has 0 radical (unpaired) electrons. The maximum Gasteiger partial charge on any atom is 0.255 e. The number of nitrogens with two attached hydrogens (primary N) is 1. The van der Waals surface area contributed by atoms with Crippen molar-refractivity contribution in [1.82, 2.24) is 0 Å². The molecule has 6 heteroatoms. The van der Waals surface area contributed by atoms with Gasteiger partial charge in [-0.15, -0.1) is 0 Å². The molecule has 0 heterocycles. The second-order valence-corrected chi connectivity index (χ2v) is 4.69. The second kappa shape index (κ2) is 6.32. The first-order valence-corrected chi connectivity index (χ1v) is 6.47. The molecule has 0 aliphatic heterocycles. The summed E-state index contributed by atoms with van der Waals surface area (Å²) in [6.07, 6.45) is 0. The third-order valence-electron chi connectivity index (χ3n) is 2.82. The van der Waals surface area contributed by atoms with Gasteiger partial charge in [-0.05, 0) is 24.3 Å². The number of anilines is 1. The van der Waals surface area contributed by atoms with Gasteiger partial charge in [-0.1, -0.05) is 24.4 Å². The third-order valence-corrected chi connectivity index (χ3v) is 3.05. The van der Waals surface area contributed by atoms with Gasteiger partial charge in [0.2, 0.25) is 0 Å². The van der Waals surface area contributed by atoms with Crippen LogP contribution in [0.4, 0.5) is 10.1 Å². The van der Waals surface area contributed by atoms with Gasteiger partial charge in [-0.2, -0.15) is 0 Å². The Morgan fingerprint density at radius 3 is 2.57 bits per heavy atom. The van der Waals surface area contributed by atoms with E-state index in [1.165, 1.54) is 19.2 Å². The molecule has 0 aliphatic rings. The van der Waals surface area contributed by atoms with Crippen LogP contribution in [0.3, 0.4) is 0 Å². The Morgan fingerprint density at radius 1 is 1.24 bits per heavy atom. The van der Waals surface area contributed by atoms with E-state index in [4.69, 9.17) is 22.7 Å². The largest absolute Gasteiger partial charge is 0.494 e. The average molecular weight is 304 g/mol. The number of halogens is 1. The van der Waals surface area contributed by atoms with E-state index in [9.17, 15) is 9.18 Å². The molecule has 0 aliphatic carbocycles. The van der Waals surface area contributed by atoms with Crippen LogP contribution in [0.1, 0.15) is 15.9 Å². The van der Waals surface area contributed by atoms with Crippen LogP contribution in [0, 0.1) is 5.82 Å². The molecule has 0 saturated carbocycles. The minimum absolute atomic E-state index is 0.114. The Bertz CT molecular complexity index is 704. The first kappa shape index (κ1) is 14.9. The number of carbonyl (C=O) groups excluding carboxylic acids is 1. The number of nitrogens with one attached hydrogen (secondary N) is 1. The minimum Gasteiger partial charge on any atom is -0.494 e. The van der Waals surface area contributed by atoms with E-state index in [2.05, 4.69) is 5.32 Å². The van der Waals surface area contributed by atoms with E-state index >= 15 is 0 Å². The Balaban J connectivity index is 2.20. The fourth-order valence-electron chi connectivity index (χ4n) is 1.76. The molecule has 0 atom stereocenters. The van der Waals surface area contributed by atoms with Gasteiger partial charge in [0.25, 0.3) is 5.91 Å². The van der Waals surface area contributed by atoms with Gasteiger partial charge in [0.05, 0.1) is 7.11 Å². The van der Waals surface area contributed by atoms with E-state index in [1.54, 1.807) is 30.3 Å². The molecule has 4 nitrogen and oxygen atoms in total. The van der Waals surface area contributed by atoms with E-state index in [0.29, 0.717) is 16.8 Å². The number of ether oxygens (including phenoxy) is 1. The lowest BCUT2D eigenvalue weighted by Gasteiger charge is -2.08. The van der Waals surface area contributed by atoms with Gasteiger partial charge in [-0.25, -0.2) is 4.39 Å². The molecule has 0 bridgehead atoms. The van der Waals surface area contributed by atoms with Gasteiger partial charge in [0.15, 0.2) is 11.6 Å². The summed E-state index contributed by atoms with van der Waals surface area (Å²) in [6.45, 7) is 0. The van der Waals surface area contributed by atoms with Crippen molar-refractivity contribution in [3.63, 3.8) is 0 Å². The SMILES string of the molecule is COc1ccc(NC(=O)c2cccc(C(N)=S)c2)cc1F. The molecule has 2 rings (SSSR count). The van der Waals surface area contributed by atoms with E-state index in [1.807, 2.05) is 0 Å². The Kier molecular flexibility index (Phi) is 4.49. The number of thiocarbonyl (C=S) groups is 1. The fraction of sp³-hybridized carbons (Fsp3) is 0.0667. The average Bonchev–Trinajstić information content (AvgIpc) is 2.47. The maximum atomic E-state index is 13.6. The van der Waals surface area contributed by atoms with Crippen molar-refractivity contribution < 1.29 is 13.9 Å². The molecule has 3 N–H and O–H groups in total. The summed E-state index contributed by atoms with van der Waals surface area (Å²) in [7, 11) is 1.37. The highest BCUT2D eigenvalue weighted by Gasteiger charge is 2.09. The zero-order valence-corrected chi connectivity index (χ0v) is 12.0. The Morgan fingerprint density at radius 2 is 1.95 bits per heavy atom. The zero-order chi connectivity index (χ0) is 15.4. The highest BCUT2D eigenvalue weighted by Crippen LogP contribution is 2.21. The van der Waals surface area contributed by atoms with Crippen molar-refractivity contribution in [1.29, 1.82) is 0 Å². The van der Waals surface area contributed by atoms with Gasteiger partial charge in [-0.3, -0.25) is 4.79 Å². The quantitative estimate of drug-likeness (QED) is 0.853. The van der Waals surface area contributed by atoms with Crippen LogP contribution in [0.25, 0.3) is 0 Å². The van der Waals surface area contributed by atoms with Gasteiger partial charge in [0, 0.05) is 22.9 Å². The van der Waals surface area contributed by atoms with Crippen LogP contribution >= 0.6 is 12.2 Å². The lowest BCUT2D eigenvalue weighted by Crippen LogP contribution is -2.14. The summed E-state index contributed by atoms with van der Waals surface area (Å²) in [5.74, 6) is -0.812. The summed E-state index contributed by atoms with van der Waals surface area (Å²) in [4.78, 5) is 12.3. The molecule has 0 aromatic heterocycles. The summed E-state index contributed by atoms with van der Waals surface area (Å²) in [5, 5.41) is 2.60. The molecule has 2 aromatic carbocycles. The highest BCUT2D eigenvalue weighted by atomic mass is 32.1. The molecule has 2 aromatic rings. The molecule has 0 unspecified atom stereocenters. The third kappa shape index (κ3) is 3.55. The lowest BCUT2D eigenvalue weighted by atomic mass is 10.1. The normalized spacial score (nSPS) is 10.0. The van der Waals surface area contributed by atoms with Crippen molar-refractivity contribution in [2.24, 2.45) is 5.73 Å². The standard InChI is InChI=1S/C15H13FN2O2S/c1-20-13-6-5-11(8-12(13)16)18-15(19)10-4-2-3-9(7-10)14(17)21/h2-8H,1H3,(H2,17,21)(H,18,19). The van der Waals surface area contributed by atoms with Crippen molar-refractivity contribution in [3.05, 3.63) is 59.4 Å². The van der Waals surface area contributed by atoms with Gasteiger partial charge >= 0.3 is 0 Å². The summed E-state index contributed by atoms with van der Waals surface area (Å²) >= 11 is 4.87. The molecular weight excluding hydrogens is 291 g/mol. The van der Waals surface area contributed by atoms with Crippen LogP contribution in [0.2, 0.25) is 0 Å². The van der Waals surface area contributed by atoms with Gasteiger partial charge < -0.3 is 15.8 Å². The van der Waals surface area contributed by atoms with E-state index in [-0.39, 0.29) is 16.6 Å². The molecule has 1 amide bonds. The topological polar surface area (TPSA) is 64.3 Å². The number of methoxy groups -OCH3 is 1. The predicted octanol–water partition coefficient (Wildman–Crippen LogP) is 2.72. The predicted molar refractivity (Wildman–Crippen MR) is 83.2 cm³/mol. The lowest BCUT2D eigenvalue weighted by molar-refractivity contribution is 0.102. The number of carbonyl (C=O) groups is 1. The van der Waals surface area contributed by atoms with E-state index in [0.717, 1.165) is 0 Å². The van der Waals surface area contributed by atoms with Crippen molar-refractivity contribution >= 4 is 28.8 Å². The maximum absolute atomic E-state index is 13.6. The van der Waals surface area contributed by atoms with Crippen molar-refractivity contribution in [2.45, 2.75) is 0 Å². The summed E-state index contributed by atoms with van der Waals surface area (Å²) in [5.41, 5.74) is 6.84. The first-order chi connectivity index (χ1) is 10.0. The van der Waals surface area contributed by atoms with Crippen LogP contribution < -0.4 is 15.8 Å². The highest BCUT2D eigenvalue weighted by molar-refractivity contribution is 7.80. The number of benzene rings is 2. The summed E-state index contributed by atoms with van der Waals surface area (Å²) < 4.78 is 18.4. The van der Waals surface area contributed by atoms with Crippen molar-refractivity contribution in [2.75, 3.05) is 12.4 Å². The van der Waals surface area contributed by atoms with Gasteiger partial charge in [0.1, 0.15) is 4.99 Å². The Labute approximate surface area is 126 Å². The molecular formula is C15H13FN2O2S. The van der Waals surface area contributed by atoms with Crippen molar-refractivity contribution in [3.8, 4) is 5.75 Å². The van der Waals surface area contributed by atoms with Crippen LogP contribution in [0.15, 0.2) is 42.5 Å². The number of hydrogen-bond donors (Lipinski definition) is 2. The Hall–Kier alpha value is -2.47. The number of rotatable bonds is 4. The fourth-order valence-corrected chi connectivity index (χ4v) is 1.89. The monoisotopic (exact) mass is 304 g/mol.